The van der Waals surface area contributed by atoms with E-state index in [2.05, 4.69) is 35.1 Å². The lowest BCUT2D eigenvalue weighted by Crippen LogP contribution is -2.59. The molecule has 4 aliphatic rings. The van der Waals surface area contributed by atoms with Gasteiger partial charge in [0.2, 0.25) is 29.4 Å². The maximum atomic E-state index is 14.6. The summed E-state index contributed by atoms with van der Waals surface area (Å²) in [6.07, 6.45) is 7.25. The lowest BCUT2D eigenvalue weighted by Gasteiger charge is -2.36. The number of alkyl carbamates (subject to hydrolysis) is 1. The van der Waals surface area contributed by atoms with Crippen molar-refractivity contribution in [2.45, 2.75) is 129 Å². The van der Waals surface area contributed by atoms with Crippen molar-refractivity contribution >= 4 is 41.4 Å². The van der Waals surface area contributed by atoms with Crippen LogP contribution in [0.3, 0.4) is 0 Å². The zero-order valence-corrected chi connectivity index (χ0v) is 34.2. The molecule has 1 aliphatic heterocycles. The van der Waals surface area contributed by atoms with Crippen molar-refractivity contribution in [3.63, 3.8) is 0 Å². The van der Waals surface area contributed by atoms with Gasteiger partial charge in [-0.2, -0.15) is 0 Å². The van der Waals surface area contributed by atoms with E-state index in [1.165, 1.54) is 4.90 Å². The molecule has 1 heterocycles. The van der Waals surface area contributed by atoms with Crippen LogP contribution in [0.2, 0.25) is 0 Å². The number of amides is 6. The Morgan fingerprint density at radius 3 is 2.16 bits per heavy atom. The first kappa shape index (κ1) is 42.6. The highest BCUT2D eigenvalue weighted by Gasteiger charge is 2.55. The first-order chi connectivity index (χ1) is 26.3. The number of hydrogen-bond donors (Lipinski definition) is 4. The predicted octanol–water partition coefficient (Wildman–Crippen LogP) is 3.64. The van der Waals surface area contributed by atoms with Crippen LogP contribution in [-0.4, -0.2) is 102 Å². The van der Waals surface area contributed by atoms with E-state index in [1.807, 2.05) is 0 Å². The molecule has 0 spiro atoms. The molecule has 5 rings (SSSR count). The molecule has 3 saturated carbocycles. The maximum Gasteiger partial charge on any atom is 0.408 e. The summed E-state index contributed by atoms with van der Waals surface area (Å²) in [6, 6.07) is 4.78. The van der Waals surface area contributed by atoms with Crippen molar-refractivity contribution < 1.29 is 38.3 Å². The van der Waals surface area contributed by atoms with Crippen molar-refractivity contribution in [3.05, 3.63) is 35.9 Å². The number of ketones is 1. The van der Waals surface area contributed by atoms with Crippen LogP contribution in [0, 0.1) is 29.1 Å². The minimum atomic E-state index is -1.16. The Labute approximate surface area is 331 Å². The average Bonchev–Trinajstić information content (AvgIpc) is 3.82. The molecule has 1 saturated heterocycles. The third kappa shape index (κ3) is 11.1. The fourth-order valence-electron chi connectivity index (χ4n) is 8.93. The fourth-order valence-corrected chi connectivity index (χ4v) is 8.93. The SMILES string of the molecule is CN(C)C(=O)[C@@H](NC(=O)CNC(=O)C(=O)C(CC1CC1)NC(=O)C1C2CC(C)(C)CC2CN1C(=O)C(NC(=O)OC(C)(C)C)C1CCCCC1)c1ccccc1. The molecule has 0 bridgehead atoms. The van der Waals surface area contributed by atoms with Gasteiger partial charge in [0, 0.05) is 20.6 Å². The van der Waals surface area contributed by atoms with E-state index in [1.54, 1.807) is 70.1 Å². The first-order valence-electron chi connectivity index (χ1n) is 20.3. The number of rotatable bonds is 14. The molecule has 6 amide bonds. The molecular weight excluding hydrogens is 716 g/mol. The second kappa shape index (κ2) is 17.8. The Bertz CT molecular complexity index is 1630. The van der Waals surface area contributed by atoms with E-state index in [4.69, 9.17) is 4.74 Å². The number of ether oxygens (including phenoxy) is 1. The molecule has 1 aromatic rings. The van der Waals surface area contributed by atoms with Gasteiger partial charge in [-0.15, -0.1) is 0 Å². The molecule has 308 valence electrons. The number of Topliss-reactive ketones (excluding diaryl/α,β-unsaturated/α-hetero) is 1. The van der Waals surface area contributed by atoms with Crippen molar-refractivity contribution in [3.8, 4) is 0 Å². The second-order valence-electron chi connectivity index (χ2n) is 18.4. The van der Waals surface area contributed by atoms with Crippen LogP contribution in [0.25, 0.3) is 0 Å². The summed E-state index contributed by atoms with van der Waals surface area (Å²) in [4.78, 5) is 98.2. The fraction of sp³-hybridized carbons (Fsp3) is 0.690. The highest BCUT2D eigenvalue weighted by Crippen LogP contribution is 2.51. The summed E-state index contributed by atoms with van der Waals surface area (Å²) < 4.78 is 5.57. The summed E-state index contributed by atoms with van der Waals surface area (Å²) in [5, 5.41) is 10.8. The largest absolute Gasteiger partial charge is 0.444 e. The number of hydrogen-bond acceptors (Lipinski definition) is 8. The van der Waals surface area contributed by atoms with Gasteiger partial charge in [-0.3, -0.25) is 28.8 Å². The number of nitrogens with one attached hydrogen (secondary N) is 4. The Kier molecular flexibility index (Phi) is 13.5. The minimum Gasteiger partial charge on any atom is -0.444 e. The van der Waals surface area contributed by atoms with Gasteiger partial charge >= 0.3 is 6.09 Å². The lowest BCUT2D eigenvalue weighted by molar-refractivity contribution is -0.144. The molecule has 1 aromatic carbocycles. The zero-order valence-electron chi connectivity index (χ0n) is 34.2. The number of likely N-dealkylation sites (N-methyl/N-ethyl adjacent to an activating group) is 1. The highest BCUT2D eigenvalue weighted by atomic mass is 16.6. The molecule has 14 heteroatoms. The van der Waals surface area contributed by atoms with E-state index in [9.17, 15) is 33.6 Å². The summed E-state index contributed by atoms with van der Waals surface area (Å²) >= 11 is 0. The van der Waals surface area contributed by atoms with Crippen LogP contribution in [0.1, 0.15) is 110 Å². The Hall–Kier alpha value is -4.49. The predicted molar refractivity (Wildman–Crippen MR) is 209 cm³/mol. The van der Waals surface area contributed by atoms with Crippen molar-refractivity contribution in [2.24, 2.45) is 29.1 Å². The first-order valence-corrected chi connectivity index (χ1v) is 20.3. The summed E-state index contributed by atoms with van der Waals surface area (Å²) in [7, 11) is 3.15. The second-order valence-corrected chi connectivity index (χ2v) is 18.4. The molecule has 14 nitrogen and oxygen atoms in total. The number of benzene rings is 1. The van der Waals surface area contributed by atoms with Gasteiger partial charge in [-0.1, -0.05) is 76.3 Å². The number of carbonyl (C=O) groups is 7. The van der Waals surface area contributed by atoms with Crippen molar-refractivity contribution in [1.29, 1.82) is 0 Å². The van der Waals surface area contributed by atoms with Crippen LogP contribution in [0.4, 0.5) is 4.79 Å². The zero-order chi connectivity index (χ0) is 40.9. The number of likely N-dealkylation sites (tertiary alicyclic amines) is 1. The van der Waals surface area contributed by atoms with Gasteiger partial charge < -0.3 is 35.8 Å². The van der Waals surface area contributed by atoms with Gasteiger partial charge in [0.15, 0.2) is 0 Å². The normalized spacial score (nSPS) is 23.5. The standard InChI is InChI=1S/C42H62N6O8/c1-41(2,3)56-40(55)46-33(27-16-12-9-13-17-27)39(54)48-24-28-21-42(4,5)22-29(28)34(48)36(51)44-30(20-25-18-19-25)35(50)37(52)43-23-31(49)45-32(38(53)47(6)7)26-14-10-8-11-15-26/h8,10-11,14-15,25,27-30,32-34H,9,12-13,16-24H2,1-7H3,(H,43,52)(H,44,51)(H,45,49)(H,46,55)/t28?,29?,30?,32-,33?,34?/m0/s1. The van der Waals surface area contributed by atoms with Gasteiger partial charge in [-0.25, -0.2) is 4.79 Å². The van der Waals surface area contributed by atoms with E-state index >= 15 is 0 Å². The topological polar surface area (TPSA) is 183 Å². The van der Waals surface area contributed by atoms with Crippen molar-refractivity contribution in [1.82, 2.24) is 31.1 Å². The molecular formula is C42H62N6O8. The number of nitrogens with zero attached hydrogens (tertiary/aromatic N) is 2. The highest BCUT2D eigenvalue weighted by molar-refractivity contribution is 6.38. The molecule has 3 aliphatic carbocycles. The Morgan fingerprint density at radius 2 is 1.55 bits per heavy atom. The van der Waals surface area contributed by atoms with Gasteiger partial charge in [0.05, 0.1) is 12.6 Å². The molecule has 4 N–H and O–H groups in total. The third-order valence-corrected chi connectivity index (χ3v) is 11.7. The quantitative estimate of drug-likeness (QED) is 0.207. The molecule has 4 fully saturated rings. The van der Waals surface area contributed by atoms with Gasteiger partial charge in [0.1, 0.15) is 23.7 Å². The molecule has 0 aromatic heterocycles. The van der Waals surface area contributed by atoms with Crippen LogP contribution in [0.15, 0.2) is 30.3 Å². The summed E-state index contributed by atoms with van der Waals surface area (Å²) in [5.74, 6) is -3.84. The van der Waals surface area contributed by atoms with Crippen molar-refractivity contribution in [2.75, 3.05) is 27.2 Å². The Morgan fingerprint density at radius 1 is 0.893 bits per heavy atom. The molecule has 6 atom stereocenters. The third-order valence-electron chi connectivity index (χ3n) is 11.7. The number of carbonyl (C=O) groups excluding carboxylic acids is 7. The number of fused-ring (bicyclic) bond motifs is 1. The van der Waals surface area contributed by atoms with Gasteiger partial charge in [0.25, 0.3) is 5.91 Å². The molecule has 0 radical (unpaired) electrons. The minimum absolute atomic E-state index is 0.0525. The van der Waals surface area contributed by atoms with E-state index in [0.717, 1.165) is 51.4 Å². The van der Waals surface area contributed by atoms with Crippen LogP contribution < -0.4 is 21.3 Å². The van der Waals surface area contributed by atoms with Crippen LogP contribution in [0.5, 0.6) is 0 Å². The van der Waals surface area contributed by atoms with E-state index < -0.39 is 65.9 Å². The maximum absolute atomic E-state index is 14.6. The summed E-state index contributed by atoms with van der Waals surface area (Å²) in [6.45, 7) is 9.38. The molecule has 56 heavy (non-hydrogen) atoms. The van der Waals surface area contributed by atoms with Crippen LogP contribution in [-0.2, 0) is 33.5 Å². The molecule has 5 unspecified atom stereocenters. The van der Waals surface area contributed by atoms with Crippen LogP contribution >= 0.6 is 0 Å². The van der Waals surface area contributed by atoms with Gasteiger partial charge in [-0.05, 0) is 87.5 Å². The lowest BCUT2D eigenvalue weighted by atomic mass is 9.83. The van der Waals surface area contributed by atoms with E-state index in [0.29, 0.717) is 18.5 Å². The Balaban J connectivity index is 1.31. The monoisotopic (exact) mass is 778 g/mol. The smallest absolute Gasteiger partial charge is 0.408 e. The summed E-state index contributed by atoms with van der Waals surface area (Å²) in [5.41, 5.74) is -0.259. The van der Waals surface area contributed by atoms with E-state index in [-0.39, 0.29) is 47.3 Å². The average molecular weight is 779 g/mol.